The fraction of sp³-hybridized carbons (Fsp3) is 0.300. The van der Waals surface area contributed by atoms with Gasteiger partial charge in [-0.25, -0.2) is 4.79 Å². The van der Waals surface area contributed by atoms with Crippen molar-refractivity contribution in [1.82, 2.24) is 0 Å². The Bertz CT molecular complexity index is 347. The van der Waals surface area contributed by atoms with Gasteiger partial charge in [-0.2, -0.15) is 0 Å². The van der Waals surface area contributed by atoms with Gasteiger partial charge in [0.05, 0.1) is 0 Å². The molecule has 0 aromatic carbocycles. The second-order valence-electron chi connectivity index (χ2n) is 3.05. The zero-order chi connectivity index (χ0) is 9.14. The summed E-state index contributed by atoms with van der Waals surface area (Å²) in [6.07, 6.45) is 0.636. The van der Waals surface area contributed by atoms with Crippen LogP contribution in [0.25, 0.3) is 0 Å². The Kier molecular flexibility index (Phi) is 2.48. The van der Waals surface area contributed by atoms with Gasteiger partial charge < -0.3 is 4.42 Å². The summed E-state index contributed by atoms with van der Waals surface area (Å²) in [7, 11) is 0. The minimum absolute atomic E-state index is 0.286. The van der Waals surface area contributed by atoms with Gasteiger partial charge >= 0.3 is 5.63 Å². The van der Waals surface area contributed by atoms with Crippen molar-refractivity contribution in [2.45, 2.75) is 20.3 Å². The van der Waals surface area contributed by atoms with Crippen molar-refractivity contribution in [1.29, 1.82) is 0 Å². The standard InChI is InChI=1S/C10H12O2/c1-7(2)4-9-5-8(3)6-10(11)12-9/h5-6H,1,4H2,2-3H3. The van der Waals surface area contributed by atoms with Crippen LogP contribution in [-0.2, 0) is 6.42 Å². The highest BCUT2D eigenvalue weighted by atomic mass is 16.4. The van der Waals surface area contributed by atoms with Crippen molar-refractivity contribution in [3.05, 3.63) is 46.0 Å². The molecule has 2 nitrogen and oxygen atoms in total. The molecule has 1 aromatic heterocycles. The van der Waals surface area contributed by atoms with Gasteiger partial charge in [0.25, 0.3) is 0 Å². The number of hydrogen-bond acceptors (Lipinski definition) is 2. The van der Waals surface area contributed by atoms with Crippen LogP contribution in [-0.4, -0.2) is 0 Å². The van der Waals surface area contributed by atoms with Crippen molar-refractivity contribution in [2.24, 2.45) is 0 Å². The summed E-state index contributed by atoms with van der Waals surface area (Å²) in [5.41, 5.74) is 1.64. The van der Waals surface area contributed by atoms with Gasteiger partial charge in [0, 0.05) is 12.5 Å². The molecule has 64 valence electrons. The second kappa shape index (κ2) is 3.39. The first-order chi connectivity index (χ1) is 5.58. The van der Waals surface area contributed by atoms with E-state index >= 15 is 0 Å². The molecule has 0 spiro atoms. The highest BCUT2D eigenvalue weighted by Crippen LogP contribution is 2.05. The first-order valence-electron chi connectivity index (χ1n) is 3.83. The minimum Gasteiger partial charge on any atom is -0.428 e. The van der Waals surface area contributed by atoms with Crippen molar-refractivity contribution < 1.29 is 4.42 Å². The maximum atomic E-state index is 10.9. The highest BCUT2D eigenvalue weighted by molar-refractivity contribution is 5.15. The molecule has 0 saturated carbocycles. The van der Waals surface area contributed by atoms with E-state index in [9.17, 15) is 4.79 Å². The smallest absolute Gasteiger partial charge is 0.336 e. The van der Waals surface area contributed by atoms with Gasteiger partial charge in [-0.1, -0.05) is 12.2 Å². The van der Waals surface area contributed by atoms with E-state index in [0.717, 1.165) is 11.1 Å². The van der Waals surface area contributed by atoms with E-state index in [0.29, 0.717) is 12.2 Å². The zero-order valence-electron chi connectivity index (χ0n) is 7.39. The summed E-state index contributed by atoms with van der Waals surface area (Å²) >= 11 is 0. The van der Waals surface area contributed by atoms with Crippen LogP contribution in [0.5, 0.6) is 0 Å². The largest absolute Gasteiger partial charge is 0.428 e. The highest BCUT2D eigenvalue weighted by Gasteiger charge is 1.98. The Morgan fingerprint density at radius 2 is 2.25 bits per heavy atom. The number of rotatable bonds is 2. The molecular formula is C10H12O2. The molecule has 0 amide bonds. The molecule has 1 heterocycles. The van der Waals surface area contributed by atoms with E-state index in [1.807, 2.05) is 19.9 Å². The van der Waals surface area contributed by atoms with Gasteiger partial charge in [-0.05, 0) is 25.5 Å². The molecule has 0 fully saturated rings. The van der Waals surface area contributed by atoms with Crippen molar-refractivity contribution in [3.63, 3.8) is 0 Å². The van der Waals surface area contributed by atoms with E-state index in [4.69, 9.17) is 4.42 Å². The van der Waals surface area contributed by atoms with Crippen LogP contribution in [0, 0.1) is 6.92 Å². The summed E-state index contributed by atoms with van der Waals surface area (Å²) < 4.78 is 4.95. The normalized spacial score (nSPS) is 9.83. The monoisotopic (exact) mass is 164 g/mol. The van der Waals surface area contributed by atoms with Crippen LogP contribution in [0.1, 0.15) is 18.2 Å². The Morgan fingerprint density at radius 1 is 1.58 bits per heavy atom. The van der Waals surface area contributed by atoms with Gasteiger partial charge in [-0.15, -0.1) is 0 Å². The molecular weight excluding hydrogens is 152 g/mol. The first-order valence-corrected chi connectivity index (χ1v) is 3.83. The van der Waals surface area contributed by atoms with E-state index in [1.54, 1.807) is 0 Å². The van der Waals surface area contributed by atoms with Gasteiger partial charge in [0.2, 0.25) is 0 Å². The Morgan fingerprint density at radius 3 is 2.75 bits per heavy atom. The molecule has 0 radical (unpaired) electrons. The third kappa shape index (κ3) is 2.38. The van der Waals surface area contributed by atoms with Gasteiger partial charge in [-0.3, -0.25) is 0 Å². The third-order valence-corrected chi connectivity index (χ3v) is 1.44. The maximum absolute atomic E-state index is 10.9. The van der Waals surface area contributed by atoms with Crippen LogP contribution >= 0.6 is 0 Å². The molecule has 0 bridgehead atoms. The molecule has 0 saturated heterocycles. The van der Waals surface area contributed by atoms with Crippen LogP contribution in [0.4, 0.5) is 0 Å². The topological polar surface area (TPSA) is 30.2 Å². The average molecular weight is 164 g/mol. The van der Waals surface area contributed by atoms with Crippen LogP contribution in [0.2, 0.25) is 0 Å². The van der Waals surface area contributed by atoms with E-state index in [1.165, 1.54) is 6.07 Å². The van der Waals surface area contributed by atoms with Crippen molar-refractivity contribution >= 4 is 0 Å². The molecule has 0 aliphatic carbocycles. The van der Waals surface area contributed by atoms with E-state index in [-0.39, 0.29) is 5.63 Å². The zero-order valence-corrected chi connectivity index (χ0v) is 7.39. The lowest BCUT2D eigenvalue weighted by Gasteiger charge is -1.98. The maximum Gasteiger partial charge on any atom is 0.336 e. The van der Waals surface area contributed by atoms with Crippen LogP contribution < -0.4 is 5.63 Å². The first kappa shape index (κ1) is 8.78. The summed E-state index contributed by atoms with van der Waals surface area (Å²) in [5, 5.41) is 0. The van der Waals surface area contributed by atoms with Gasteiger partial charge in [0.15, 0.2) is 0 Å². The Balaban J connectivity index is 3.01. The number of aryl methyl sites for hydroxylation is 1. The second-order valence-corrected chi connectivity index (χ2v) is 3.05. The fourth-order valence-corrected chi connectivity index (χ4v) is 1.05. The van der Waals surface area contributed by atoms with Gasteiger partial charge in [0.1, 0.15) is 5.76 Å². The minimum atomic E-state index is -0.286. The molecule has 0 N–H and O–H groups in total. The van der Waals surface area contributed by atoms with Crippen molar-refractivity contribution in [2.75, 3.05) is 0 Å². The Hall–Kier alpha value is -1.31. The molecule has 1 aromatic rings. The summed E-state index contributed by atoms with van der Waals surface area (Å²) in [4.78, 5) is 10.9. The Labute approximate surface area is 71.5 Å². The van der Waals surface area contributed by atoms with Crippen molar-refractivity contribution in [3.8, 4) is 0 Å². The molecule has 0 unspecified atom stereocenters. The lowest BCUT2D eigenvalue weighted by molar-refractivity contribution is 0.466. The predicted octanol–water partition coefficient (Wildman–Crippen LogP) is 2.07. The molecule has 1 rings (SSSR count). The summed E-state index contributed by atoms with van der Waals surface area (Å²) in [6, 6.07) is 3.33. The lowest BCUT2D eigenvalue weighted by Crippen LogP contribution is -2.00. The van der Waals surface area contributed by atoms with Crippen LogP contribution in [0.3, 0.4) is 0 Å². The molecule has 12 heavy (non-hydrogen) atoms. The van der Waals surface area contributed by atoms with E-state index < -0.39 is 0 Å². The molecule has 0 aliphatic rings. The predicted molar refractivity (Wildman–Crippen MR) is 48.2 cm³/mol. The molecule has 2 heteroatoms. The number of hydrogen-bond donors (Lipinski definition) is 0. The SMILES string of the molecule is C=C(C)Cc1cc(C)cc(=O)o1. The summed E-state index contributed by atoms with van der Waals surface area (Å²) in [6.45, 7) is 7.53. The summed E-state index contributed by atoms with van der Waals surface area (Å²) in [5.74, 6) is 0.688. The van der Waals surface area contributed by atoms with Crippen LogP contribution in [0.15, 0.2) is 33.5 Å². The molecule has 0 atom stereocenters. The third-order valence-electron chi connectivity index (χ3n) is 1.44. The quantitative estimate of drug-likeness (QED) is 0.626. The van der Waals surface area contributed by atoms with E-state index in [2.05, 4.69) is 6.58 Å². The lowest BCUT2D eigenvalue weighted by atomic mass is 10.1. The molecule has 0 aliphatic heterocycles. The average Bonchev–Trinajstić information content (AvgIpc) is 1.81. The number of allylic oxidation sites excluding steroid dienone is 1. The fourth-order valence-electron chi connectivity index (χ4n) is 1.05.